The zero-order valence-corrected chi connectivity index (χ0v) is 15.6. The number of hydrogen-bond acceptors (Lipinski definition) is 3. The summed E-state index contributed by atoms with van der Waals surface area (Å²) in [5.41, 5.74) is 0.999. The van der Waals surface area contributed by atoms with Gasteiger partial charge in [0.15, 0.2) is 0 Å². The molecule has 4 aromatic carbocycles. The minimum absolute atomic E-state index is 0.187. The van der Waals surface area contributed by atoms with E-state index in [2.05, 4.69) is 22.1 Å². The molecule has 5 heteroatoms. The average Bonchev–Trinajstić information content (AvgIpc) is 2.89. The van der Waals surface area contributed by atoms with Crippen LogP contribution in [-0.4, -0.2) is 8.42 Å². The van der Waals surface area contributed by atoms with Gasteiger partial charge in [0.2, 0.25) is 0 Å². The molecule has 0 radical (unpaired) electrons. The molecular formula is C22H18N2O2S. The van der Waals surface area contributed by atoms with Gasteiger partial charge in [-0.25, -0.2) is 0 Å². The fourth-order valence-electron chi connectivity index (χ4n) is 3.06. The molecule has 0 amide bonds. The summed E-state index contributed by atoms with van der Waals surface area (Å²) in [4.78, 5) is 2.55. The maximum atomic E-state index is 12.5. The second-order valence-corrected chi connectivity index (χ2v) is 8.03. The average molecular weight is 374 g/mol. The molecule has 4 nitrogen and oxygen atoms in total. The van der Waals surface area contributed by atoms with Gasteiger partial charge < -0.3 is 0 Å². The summed E-state index contributed by atoms with van der Waals surface area (Å²) in [5, 5.41) is 8.91. The first-order valence-corrected chi connectivity index (χ1v) is 10.1. The van der Waals surface area contributed by atoms with Gasteiger partial charge in [0.05, 0.1) is 10.3 Å². The van der Waals surface area contributed by atoms with E-state index in [-0.39, 0.29) is 4.90 Å². The molecule has 0 aromatic heterocycles. The van der Waals surface area contributed by atoms with Crippen molar-refractivity contribution in [3.05, 3.63) is 95.8 Å². The highest BCUT2D eigenvalue weighted by molar-refractivity contribution is 7.89. The molecule has 0 aliphatic carbocycles. The van der Waals surface area contributed by atoms with E-state index in [0.29, 0.717) is 5.36 Å². The van der Waals surface area contributed by atoms with Gasteiger partial charge in [0, 0.05) is 5.39 Å². The molecule has 0 unspecified atom stereocenters. The Hall–Kier alpha value is -3.18. The number of nitrogens with zero attached hydrogens (tertiary/aromatic N) is 1. The molecular weight excluding hydrogens is 356 g/mol. The SMILES string of the molecule is Cc1ccc(S(=O)(=O)N/N=c2\ccccc3c2ccc2ccccc23)cc1. The molecule has 0 aliphatic rings. The Bertz CT molecular complexity index is 1310. The molecule has 0 spiro atoms. The first kappa shape index (κ1) is 17.2. The van der Waals surface area contributed by atoms with E-state index in [9.17, 15) is 8.42 Å². The van der Waals surface area contributed by atoms with Crippen molar-refractivity contribution in [1.29, 1.82) is 0 Å². The molecule has 1 N–H and O–H groups in total. The molecule has 4 rings (SSSR count). The zero-order valence-electron chi connectivity index (χ0n) is 14.8. The van der Waals surface area contributed by atoms with Crippen LogP contribution in [0.2, 0.25) is 0 Å². The molecule has 0 aliphatic heterocycles. The van der Waals surface area contributed by atoms with Crippen LogP contribution in [-0.2, 0) is 10.0 Å². The molecule has 0 atom stereocenters. The van der Waals surface area contributed by atoms with Crippen molar-refractivity contribution in [2.75, 3.05) is 0 Å². The van der Waals surface area contributed by atoms with Gasteiger partial charge in [-0.1, -0.05) is 72.3 Å². The highest BCUT2D eigenvalue weighted by atomic mass is 32.2. The minimum atomic E-state index is -3.73. The monoisotopic (exact) mass is 374 g/mol. The number of benzene rings is 3. The molecule has 0 fully saturated rings. The number of rotatable bonds is 3. The number of nitrogens with one attached hydrogen (secondary N) is 1. The Kier molecular flexibility index (Phi) is 4.38. The summed E-state index contributed by atoms with van der Waals surface area (Å²) >= 11 is 0. The summed E-state index contributed by atoms with van der Waals surface area (Å²) in [7, 11) is -3.73. The summed E-state index contributed by atoms with van der Waals surface area (Å²) < 4.78 is 25.1. The second-order valence-electron chi connectivity index (χ2n) is 6.37. The van der Waals surface area contributed by atoms with Crippen LogP contribution in [0.1, 0.15) is 5.56 Å². The van der Waals surface area contributed by atoms with Gasteiger partial charge in [-0.15, -0.1) is 0 Å². The Balaban J connectivity index is 1.86. The second kappa shape index (κ2) is 6.85. The van der Waals surface area contributed by atoms with Gasteiger partial charge in [-0.2, -0.15) is 18.4 Å². The van der Waals surface area contributed by atoms with Gasteiger partial charge in [0.1, 0.15) is 0 Å². The molecule has 0 heterocycles. The van der Waals surface area contributed by atoms with Crippen molar-refractivity contribution in [2.24, 2.45) is 5.10 Å². The lowest BCUT2D eigenvalue weighted by atomic mass is 10.0. The molecule has 4 aromatic rings. The normalized spacial score (nSPS) is 12.4. The fraction of sp³-hybridized carbons (Fsp3) is 0.0455. The van der Waals surface area contributed by atoms with E-state index in [1.54, 1.807) is 30.3 Å². The van der Waals surface area contributed by atoms with Crippen molar-refractivity contribution in [2.45, 2.75) is 11.8 Å². The largest absolute Gasteiger partial charge is 0.276 e. The Morgan fingerprint density at radius 1 is 0.704 bits per heavy atom. The molecule has 27 heavy (non-hydrogen) atoms. The predicted octanol–water partition coefficient (Wildman–Crippen LogP) is 4.10. The van der Waals surface area contributed by atoms with Crippen LogP contribution in [0.15, 0.2) is 94.9 Å². The van der Waals surface area contributed by atoms with E-state index >= 15 is 0 Å². The van der Waals surface area contributed by atoms with Crippen molar-refractivity contribution in [3.8, 4) is 0 Å². The third-order valence-corrected chi connectivity index (χ3v) is 5.72. The first-order valence-electron chi connectivity index (χ1n) is 8.58. The number of hydrogen-bond donors (Lipinski definition) is 1. The van der Waals surface area contributed by atoms with Gasteiger partial charge in [0.25, 0.3) is 10.0 Å². The van der Waals surface area contributed by atoms with Gasteiger partial charge in [-0.3, -0.25) is 0 Å². The fourth-order valence-corrected chi connectivity index (χ4v) is 3.88. The summed E-state index contributed by atoms with van der Waals surface area (Å²) in [6.45, 7) is 1.91. The van der Waals surface area contributed by atoms with Crippen LogP contribution in [0, 0.1) is 6.92 Å². The van der Waals surface area contributed by atoms with Crippen LogP contribution in [0.25, 0.3) is 21.5 Å². The lowest BCUT2D eigenvalue weighted by molar-refractivity contribution is 0.583. The predicted molar refractivity (Wildman–Crippen MR) is 109 cm³/mol. The zero-order chi connectivity index (χ0) is 18.9. The standard InChI is InChI=1S/C22H18N2O2S/c1-16-10-13-18(14-11-16)27(25,26)24-23-22-9-5-4-8-20-19-7-3-2-6-17(19)12-15-21(20)22/h2-15,24H,1H3/b23-22+. The molecule has 134 valence electrons. The molecule has 0 saturated heterocycles. The van der Waals surface area contributed by atoms with Crippen molar-refractivity contribution in [3.63, 3.8) is 0 Å². The van der Waals surface area contributed by atoms with Crippen molar-refractivity contribution < 1.29 is 8.42 Å². The van der Waals surface area contributed by atoms with Crippen LogP contribution in [0.5, 0.6) is 0 Å². The van der Waals surface area contributed by atoms with E-state index in [1.807, 2.05) is 49.4 Å². The van der Waals surface area contributed by atoms with Crippen molar-refractivity contribution >= 4 is 31.6 Å². The van der Waals surface area contributed by atoms with Crippen LogP contribution >= 0.6 is 0 Å². The van der Waals surface area contributed by atoms with Crippen molar-refractivity contribution in [1.82, 2.24) is 4.83 Å². The Morgan fingerprint density at radius 3 is 2.15 bits per heavy atom. The number of aryl methyl sites for hydroxylation is 1. The third kappa shape index (κ3) is 3.41. The van der Waals surface area contributed by atoms with Crippen LogP contribution < -0.4 is 10.2 Å². The summed E-state index contributed by atoms with van der Waals surface area (Å²) in [5.74, 6) is 0. The maximum absolute atomic E-state index is 12.5. The van der Waals surface area contributed by atoms with Crippen LogP contribution in [0.3, 0.4) is 0 Å². The lowest BCUT2D eigenvalue weighted by Gasteiger charge is -2.04. The van der Waals surface area contributed by atoms with Crippen LogP contribution in [0.4, 0.5) is 0 Å². The van der Waals surface area contributed by atoms with E-state index in [1.165, 1.54) is 0 Å². The van der Waals surface area contributed by atoms with E-state index in [4.69, 9.17) is 0 Å². The first-order chi connectivity index (χ1) is 13.0. The quantitative estimate of drug-likeness (QED) is 0.549. The summed E-state index contributed by atoms with van der Waals surface area (Å²) in [6, 6.07) is 26.4. The number of fused-ring (bicyclic) bond motifs is 3. The summed E-state index contributed by atoms with van der Waals surface area (Å²) in [6.07, 6.45) is 0. The third-order valence-electron chi connectivity index (χ3n) is 4.49. The Morgan fingerprint density at radius 2 is 1.37 bits per heavy atom. The number of sulfonamides is 1. The van der Waals surface area contributed by atoms with E-state index in [0.717, 1.165) is 27.1 Å². The lowest BCUT2D eigenvalue weighted by Crippen LogP contribution is -2.21. The maximum Gasteiger partial charge on any atom is 0.276 e. The van der Waals surface area contributed by atoms with E-state index < -0.39 is 10.0 Å². The molecule has 0 saturated carbocycles. The highest BCUT2D eigenvalue weighted by Gasteiger charge is 2.12. The minimum Gasteiger partial charge on any atom is -0.200 e. The van der Waals surface area contributed by atoms with Gasteiger partial charge in [-0.05, 0) is 41.3 Å². The smallest absolute Gasteiger partial charge is 0.200 e. The highest BCUT2D eigenvalue weighted by Crippen LogP contribution is 2.22. The molecule has 0 bridgehead atoms. The Labute approximate surface area is 157 Å². The topological polar surface area (TPSA) is 58.5 Å². The van der Waals surface area contributed by atoms with Gasteiger partial charge >= 0.3 is 0 Å².